The van der Waals surface area contributed by atoms with E-state index in [0.29, 0.717) is 11.3 Å². The van der Waals surface area contributed by atoms with E-state index in [2.05, 4.69) is 5.32 Å². The Labute approximate surface area is 155 Å². The van der Waals surface area contributed by atoms with Gasteiger partial charge in [0, 0.05) is 35.7 Å². The first-order chi connectivity index (χ1) is 12.5. The van der Waals surface area contributed by atoms with Gasteiger partial charge in [0.15, 0.2) is 5.78 Å². The maximum atomic E-state index is 12.0. The molecule has 0 spiro atoms. The fraction of sp³-hybridized carbons (Fsp3) is 0.286. The van der Waals surface area contributed by atoms with Gasteiger partial charge in [0.05, 0.1) is 4.92 Å². The third-order valence-electron chi connectivity index (χ3n) is 3.33. The van der Waals surface area contributed by atoms with E-state index in [-0.39, 0.29) is 11.5 Å². The summed E-state index contributed by atoms with van der Waals surface area (Å²) in [4.78, 5) is 22.3. The van der Waals surface area contributed by atoms with Gasteiger partial charge >= 0.3 is 0 Å². The third kappa shape index (κ3) is 7.30. The number of aryl methyl sites for hydroxylation is 2. The molecule has 2 aromatic carbocycles. The highest BCUT2D eigenvalue weighted by Gasteiger charge is 2.05. The molecule has 0 saturated heterocycles. The van der Waals surface area contributed by atoms with E-state index in [1.54, 1.807) is 18.2 Å². The van der Waals surface area contributed by atoms with Crippen LogP contribution in [-0.2, 0) is 0 Å². The zero-order valence-electron chi connectivity index (χ0n) is 16.4. The average Bonchev–Trinajstić information content (AvgIpc) is 2.67. The lowest BCUT2D eigenvalue weighted by atomic mass is 10.0. The number of nitro groups is 1. The first kappa shape index (κ1) is 23.1. The Bertz CT molecular complexity index is 753. The van der Waals surface area contributed by atoms with Crippen LogP contribution < -0.4 is 5.32 Å². The Kier molecular flexibility index (Phi) is 11.0. The molecule has 0 heterocycles. The van der Waals surface area contributed by atoms with E-state index in [0.717, 1.165) is 11.1 Å². The molecule has 5 nitrogen and oxygen atoms in total. The molecule has 0 aliphatic rings. The van der Waals surface area contributed by atoms with E-state index >= 15 is 0 Å². The van der Waals surface area contributed by atoms with Crippen LogP contribution in [0.4, 0.5) is 11.4 Å². The number of hydrogen-bond donors (Lipinski definition) is 1. The summed E-state index contributed by atoms with van der Waals surface area (Å²) in [5.74, 6) is -0.124. The number of rotatable bonds is 5. The summed E-state index contributed by atoms with van der Waals surface area (Å²) in [7, 11) is 0. The smallest absolute Gasteiger partial charge is 0.271 e. The molecule has 0 aliphatic carbocycles. The fourth-order valence-corrected chi connectivity index (χ4v) is 1.91. The second kappa shape index (κ2) is 12.4. The van der Waals surface area contributed by atoms with Crippen molar-refractivity contribution in [1.29, 1.82) is 0 Å². The van der Waals surface area contributed by atoms with E-state index in [4.69, 9.17) is 0 Å². The van der Waals surface area contributed by atoms with Crippen LogP contribution in [0.3, 0.4) is 0 Å². The van der Waals surface area contributed by atoms with Crippen molar-refractivity contribution in [3.8, 4) is 0 Å². The van der Waals surface area contributed by atoms with Gasteiger partial charge in [-0.1, -0.05) is 45.9 Å². The molecule has 0 aromatic heterocycles. The minimum atomic E-state index is -0.463. The minimum Gasteiger partial charge on any atom is -0.361 e. The van der Waals surface area contributed by atoms with Gasteiger partial charge in [-0.15, -0.1) is 0 Å². The number of nitrogens with one attached hydrogen (secondary N) is 1. The van der Waals surface area contributed by atoms with Gasteiger partial charge in [-0.3, -0.25) is 14.9 Å². The Morgan fingerprint density at radius 3 is 2.23 bits per heavy atom. The van der Waals surface area contributed by atoms with E-state index in [1.807, 2.05) is 53.7 Å². The molecule has 0 unspecified atom stereocenters. The highest BCUT2D eigenvalue weighted by atomic mass is 16.6. The molecule has 2 aromatic rings. The molecule has 5 heteroatoms. The molecular formula is C21H28N2O3. The Morgan fingerprint density at radius 2 is 1.65 bits per heavy atom. The number of ketones is 1. The topological polar surface area (TPSA) is 72.2 Å². The van der Waals surface area contributed by atoms with Gasteiger partial charge < -0.3 is 5.32 Å². The summed E-state index contributed by atoms with van der Waals surface area (Å²) in [5, 5.41) is 13.5. The van der Waals surface area contributed by atoms with Crippen LogP contribution in [0.1, 0.15) is 49.2 Å². The van der Waals surface area contributed by atoms with Crippen molar-refractivity contribution in [2.24, 2.45) is 0 Å². The van der Waals surface area contributed by atoms with Crippen LogP contribution in [0.5, 0.6) is 0 Å². The molecule has 0 amide bonds. The van der Waals surface area contributed by atoms with Crippen molar-refractivity contribution < 1.29 is 9.72 Å². The molecule has 0 fully saturated rings. The summed E-state index contributed by atoms with van der Waals surface area (Å²) in [6.07, 6.45) is 2.89. The van der Waals surface area contributed by atoms with Gasteiger partial charge in [0.1, 0.15) is 0 Å². The van der Waals surface area contributed by atoms with Crippen molar-refractivity contribution in [2.75, 3.05) is 5.32 Å². The molecule has 0 bridgehead atoms. The van der Waals surface area contributed by atoms with Crippen LogP contribution in [0.15, 0.2) is 54.7 Å². The minimum absolute atomic E-state index is 0.00103. The zero-order chi connectivity index (χ0) is 20.1. The van der Waals surface area contributed by atoms with Crippen molar-refractivity contribution in [2.45, 2.75) is 41.5 Å². The van der Waals surface area contributed by atoms with Crippen LogP contribution in [0.2, 0.25) is 0 Å². The number of non-ortho nitro benzene ring substituents is 1. The van der Waals surface area contributed by atoms with Gasteiger partial charge in [0.2, 0.25) is 0 Å². The Hall–Kier alpha value is -2.95. The maximum absolute atomic E-state index is 12.0. The number of anilines is 1. The average molecular weight is 356 g/mol. The molecule has 0 atom stereocenters. The highest BCUT2D eigenvalue weighted by Crippen LogP contribution is 2.17. The maximum Gasteiger partial charge on any atom is 0.271 e. The summed E-state index contributed by atoms with van der Waals surface area (Å²) < 4.78 is 0. The summed E-state index contributed by atoms with van der Waals surface area (Å²) in [6, 6.07) is 11.6. The van der Waals surface area contributed by atoms with Crippen molar-refractivity contribution in [3.05, 3.63) is 81.5 Å². The van der Waals surface area contributed by atoms with Crippen LogP contribution in [0, 0.1) is 24.0 Å². The number of nitrogens with zero attached hydrogens (tertiary/aromatic N) is 1. The molecule has 140 valence electrons. The number of hydrogen-bond acceptors (Lipinski definition) is 4. The van der Waals surface area contributed by atoms with Crippen molar-refractivity contribution in [3.63, 3.8) is 0 Å². The van der Waals surface area contributed by atoms with Crippen LogP contribution >= 0.6 is 0 Å². The lowest BCUT2D eigenvalue weighted by Crippen LogP contribution is -1.98. The number of carbonyl (C=O) groups excluding carboxylic acids is 1. The van der Waals surface area contributed by atoms with E-state index in [1.165, 1.54) is 24.4 Å². The fourth-order valence-electron chi connectivity index (χ4n) is 1.91. The van der Waals surface area contributed by atoms with E-state index < -0.39 is 4.92 Å². The lowest BCUT2D eigenvalue weighted by molar-refractivity contribution is -0.384. The number of carbonyl (C=O) groups is 1. The van der Waals surface area contributed by atoms with Gasteiger partial charge in [-0.25, -0.2) is 0 Å². The molecule has 1 N–H and O–H groups in total. The molecule has 2 rings (SSSR count). The van der Waals surface area contributed by atoms with Crippen LogP contribution in [0.25, 0.3) is 0 Å². The monoisotopic (exact) mass is 356 g/mol. The van der Waals surface area contributed by atoms with Gasteiger partial charge in [-0.2, -0.15) is 0 Å². The predicted molar refractivity (Wildman–Crippen MR) is 109 cm³/mol. The molecule has 0 saturated carbocycles. The lowest BCUT2D eigenvalue weighted by Gasteiger charge is -2.02. The van der Waals surface area contributed by atoms with E-state index in [9.17, 15) is 14.9 Å². The highest BCUT2D eigenvalue weighted by molar-refractivity contribution is 6.04. The molecule has 0 radical (unpaired) electrons. The van der Waals surface area contributed by atoms with Crippen molar-refractivity contribution in [1.82, 2.24) is 0 Å². The molecular weight excluding hydrogens is 328 g/mol. The van der Waals surface area contributed by atoms with Crippen molar-refractivity contribution >= 4 is 17.2 Å². The predicted octanol–water partition coefficient (Wildman–Crippen LogP) is 6.07. The molecule has 0 aliphatic heterocycles. The number of nitro benzene ring substituents is 1. The Balaban J connectivity index is 0.00000146. The normalized spacial score (nSPS) is 9.46. The van der Waals surface area contributed by atoms with Gasteiger partial charge in [-0.05, 0) is 37.1 Å². The zero-order valence-corrected chi connectivity index (χ0v) is 16.4. The summed E-state index contributed by atoms with van der Waals surface area (Å²) in [5.41, 5.74) is 3.36. The first-order valence-corrected chi connectivity index (χ1v) is 8.76. The second-order valence-corrected chi connectivity index (χ2v) is 4.95. The standard InChI is InChI=1S/C17H16N2O3.2C2H6/c1-12-6-7-14(10-13(12)2)17(20)8-9-18-15-4-3-5-16(11-15)19(21)22;2*1-2/h3-11,18H,1-2H3;2*1-2H3/b9-8-;;. The molecule has 26 heavy (non-hydrogen) atoms. The van der Waals surface area contributed by atoms with Crippen LogP contribution in [-0.4, -0.2) is 10.7 Å². The third-order valence-corrected chi connectivity index (χ3v) is 3.33. The summed E-state index contributed by atoms with van der Waals surface area (Å²) >= 11 is 0. The first-order valence-electron chi connectivity index (χ1n) is 8.76. The van der Waals surface area contributed by atoms with Gasteiger partial charge in [0.25, 0.3) is 5.69 Å². The quantitative estimate of drug-likeness (QED) is 0.305. The largest absolute Gasteiger partial charge is 0.361 e. The SMILES string of the molecule is CC.CC.Cc1ccc(C(=O)/C=C\Nc2cccc([N+](=O)[O-])c2)cc1C. The Morgan fingerprint density at radius 1 is 1.00 bits per heavy atom. The summed E-state index contributed by atoms with van der Waals surface area (Å²) in [6.45, 7) is 11.9. The number of allylic oxidation sites excluding steroid dienone is 1. The second-order valence-electron chi connectivity index (χ2n) is 4.95. The number of benzene rings is 2.